The Hall–Kier alpha value is -2.86. The zero-order valence-corrected chi connectivity index (χ0v) is 16.6. The summed E-state index contributed by atoms with van der Waals surface area (Å²) in [5, 5.41) is 5.73. The first-order valence-electron chi connectivity index (χ1n) is 9.80. The summed E-state index contributed by atoms with van der Waals surface area (Å²) in [6, 6.07) is 14.7. The van der Waals surface area contributed by atoms with E-state index in [9.17, 15) is 9.59 Å². The Bertz CT molecular complexity index is 812. The Morgan fingerprint density at radius 1 is 0.929 bits per heavy atom. The van der Waals surface area contributed by atoms with Crippen LogP contribution < -0.4 is 15.5 Å². The van der Waals surface area contributed by atoms with Crippen LogP contribution in [-0.2, 0) is 0 Å². The average Bonchev–Trinajstić information content (AvgIpc) is 2.73. The summed E-state index contributed by atoms with van der Waals surface area (Å²) in [4.78, 5) is 29.3. The third kappa shape index (κ3) is 5.10. The number of amides is 2. The molecule has 1 heterocycles. The van der Waals surface area contributed by atoms with Gasteiger partial charge in [0, 0.05) is 55.2 Å². The molecule has 6 heteroatoms. The Morgan fingerprint density at radius 2 is 1.57 bits per heavy atom. The Balaban J connectivity index is 1.62. The van der Waals surface area contributed by atoms with Crippen molar-refractivity contribution in [2.75, 3.05) is 50.0 Å². The van der Waals surface area contributed by atoms with Crippen LogP contribution in [0.4, 0.5) is 11.4 Å². The zero-order chi connectivity index (χ0) is 19.9. The second-order valence-corrected chi connectivity index (χ2v) is 7.13. The average molecular weight is 380 g/mol. The number of likely N-dealkylation sites (N-methyl/N-ethyl adjacent to an activating group) is 1. The summed E-state index contributed by atoms with van der Waals surface area (Å²) >= 11 is 0. The van der Waals surface area contributed by atoms with Crippen LogP contribution in [0.1, 0.15) is 34.1 Å². The predicted molar refractivity (Wildman–Crippen MR) is 113 cm³/mol. The van der Waals surface area contributed by atoms with Crippen molar-refractivity contribution >= 4 is 23.2 Å². The molecule has 2 amide bonds. The summed E-state index contributed by atoms with van der Waals surface area (Å²) < 4.78 is 0. The Kier molecular flexibility index (Phi) is 6.66. The molecular weight excluding hydrogens is 352 g/mol. The minimum absolute atomic E-state index is 0.159. The lowest BCUT2D eigenvalue weighted by atomic mass is 10.1. The van der Waals surface area contributed by atoms with E-state index in [2.05, 4.69) is 27.5 Å². The van der Waals surface area contributed by atoms with E-state index in [4.69, 9.17) is 0 Å². The number of hydrogen-bond donors (Lipinski definition) is 2. The van der Waals surface area contributed by atoms with Crippen LogP contribution in [0.25, 0.3) is 0 Å². The van der Waals surface area contributed by atoms with Crippen molar-refractivity contribution in [3.05, 3.63) is 59.7 Å². The molecule has 1 aliphatic heterocycles. The smallest absolute Gasteiger partial charge is 0.255 e. The molecule has 0 spiro atoms. The number of carbonyl (C=O) groups excluding carboxylic acids is 2. The number of piperazine rings is 1. The lowest BCUT2D eigenvalue weighted by Crippen LogP contribution is -2.44. The molecule has 148 valence electrons. The van der Waals surface area contributed by atoms with Gasteiger partial charge in [-0.25, -0.2) is 0 Å². The zero-order valence-electron chi connectivity index (χ0n) is 16.6. The first-order valence-corrected chi connectivity index (χ1v) is 9.80. The third-order valence-electron chi connectivity index (χ3n) is 4.92. The van der Waals surface area contributed by atoms with Crippen LogP contribution in [0.15, 0.2) is 48.5 Å². The molecule has 28 heavy (non-hydrogen) atoms. The standard InChI is InChI=1S/C22H28N4O2/c1-3-11-23-21(27)17-5-4-6-18(16-17)22(28)24-19-7-9-20(10-8-19)26-14-12-25(2)13-15-26/h4-10,16H,3,11-15H2,1-2H3,(H,23,27)(H,24,28). The van der Waals surface area contributed by atoms with Crippen LogP contribution in [0.2, 0.25) is 0 Å². The second-order valence-electron chi connectivity index (χ2n) is 7.13. The van der Waals surface area contributed by atoms with Crippen molar-refractivity contribution in [2.45, 2.75) is 13.3 Å². The highest BCUT2D eigenvalue weighted by Crippen LogP contribution is 2.20. The van der Waals surface area contributed by atoms with E-state index >= 15 is 0 Å². The normalized spacial score (nSPS) is 14.6. The molecular formula is C22H28N4O2. The first kappa shape index (κ1) is 19.9. The summed E-state index contributed by atoms with van der Waals surface area (Å²) in [5.74, 6) is -0.384. The molecule has 0 atom stereocenters. The van der Waals surface area contributed by atoms with Crippen molar-refractivity contribution in [2.24, 2.45) is 0 Å². The van der Waals surface area contributed by atoms with Gasteiger partial charge in [-0.1, -0.05) is 13.0 Å². The van der Waals surface area contributed by atoms with Crippen molar-refractivity contribution in [1.82, 2.24) is 10.2 Å². The molecule has 3 rings (SSSR count). The van der Waals surface area contributed by atoms with Crippen LogP contribution in [0.3, 0.4) is 0 Å². The number of benzene rings is 2. The second kappa shape index (κ2) is 9.37. The molecule has 0 saturated carbocycles. The van der Waals surface area contributed by atoms with E-state index in [0.29, 0.717) is 17.7 Å². The highest BCUT2D eigenvalue weighted by atomic mass is 16.2. The molecule has 0 radical (unpaired) electrons. The maximum absolute atomic E-state index is 12.6. The maximum Gasteiger partial charge on any atom is 0.255 e. The van der Waals surface area contributed by atoms with Gasteiger partial charge in [0.25, 0.3) is 11.8 Å². The molecule has 6 nitrogen and oxygen atoms in total. The molecule has 0 unspecified atom stereocenters. The van der Waals surface area contributed by atoms with Crippen molar-refractivity contribution < 1.29 is 9.59 Å². The molecule has 0 aromatic heterocycles. The highest BCUT2D eigenvalue weighted by Gasteiger charge is 2.14. The minimum atomic E-state index is -0.225. The number of nitrogens with one attached hydrogen (secondary N) is 2. The maximum atomic E-state index is 12.6. The van der Waals surface area contributed by atoms with Crippen LogP contribution >= 0.6 is 0 Å². The van der Waals surface area contributed by atoms with E-state index in [0.717, 1.165) is 38.3 Å². The number of nitrogens with zero attached hydrogens (tertiary/aromatic N) is 2. The van der Waals surface area contributed by atoms with Crippen LogP contribution in [0, 0.1) is 0 Å². The number of anilines is 2. The van der Waals surface area contributed by atoms with Gasteiger partial charge in [0.05, 0.1) is 0 Å². The van der Waals surface area contributed by atoms with Gasteiger partial charge in [-0.05, 0) is 55.9 Å². The molecule has 2 aromatic carbocycles. The molecule has 2 N–H and O–H groups in total. The van der Waals surface area contributed by atoms with Crippen molar-refractivity contribution in [3.63, 3.8) is 0 Å². The quantitative estimate of drug-likeness (QED) is 0.809. The van der Waals surface area contributed by atoms with Gasteiger partial charge in [-0.15, -0.1) is 0 Å². The number of rotatable bonds is 6. The first-order chi connectivity index (χ1) is 13.6. The van der Waals surface area contributed by atoms with Gasteiger partial charge in [-0.3, -0.25) is 9.59 Å². The third-order valence-corrected chi connectivity index (χ3v) is 4.92. The molecule has 1 aliphatic rings. The van der Waals surface area contributed by atoms with Crippen molar-refractivity contribution in [1.29, 1.82) is 0 Å². The largest absolute Gasteiger partial charge is 0.369 e. The SMILES string of the molecule is CCCNC(=O)c1cccc(C(=O)Nc2ccc(N3CCN(C)CC3)cc2)c1. The van der Waals surface area contributed by atoms with E-state index in [-0.39, 0.29) is 11.8 Å². The summed E-state index contributed by atoms with van der Waals surface area (Å²) in [6.45, 7) is 6.75. The van der Waals surface area contributed by atoms with Gasteiger partial charge in [0.15, 0.2) is 0 Å². The number of hydrogen-bond acceptors (Lipinski definition) is 4. The predicted octanol–water partition coefficient (Wildman–Crippen LogP) is 2.83. The molecule has 1 saturated heterocycles. The summed E-state index contributed by atoms with van der Waals surface area (Å²) in [6.07, 6.45) is 0.871. The lowest BCUT2D eigenvalue weighted by Gasteiger charge is -2.34. The summed E-state index contributed by atoms with van der Waals surface area (Å²) in [7, 11) is 2.14. The topological polar surface area (TPSA) is 64.7 Å². The Morgan fingerprint density at radius 3 is 2.21 bits per heavy atom. The van der Waals surface area contributed by atoms with Gasteiger partial charge in [-0.2, -0.15) is 0 Å². The Labute approximate surface area is 166 Å². The van der Waals surface area contributed by atoms with Crippen LogP contribution in [0.5, 0.6) is 0 Å². The molecule has 2 aromatic rings. The highest BCUT2D eigenvalue weighted by molar-refractivity contribution is 6.06. The van der Waals surface area contributed by atoms with Gasteiger partial charge >= 0.3 is 0 Å². The van der Waals surface area contributed by atoms with E-state index in [1.54, 1.807) is 24.3 Å². The number of carbonyl (C=O) groups is 2. The summed E-state index contributed by atoms with van der Waals surface area (Å²) in [5.41, 5.74) is 2.86. The van der Waals surface area contributed by atoms with Gasteiger partial charge < -0.3 is 20.4 Å². The lowest BCUT2D eigenvalue weighted by molar-refractivity contribution is 0.0953. The van der Waals surface area contributed by atoms with E-state index in [1.807, 2.05) is 31.2 Å². The van der Waals surface area contributed by atoms with Crippen LogP contribution in [-0.4, -0.2) is 56.5 Å². The fourth-order valence-corrected chi connectivity index (χ4v) is 3.17. The minimum Gasteiger partial charge on any atom is -0.369 e. The fraction of sp³-hybridized carbons (Fsp3) is 0.364. The van der Waals surface area contributed by atoms with Gasteiger partial charge in [0.2, 0.25) is 0 Å². The fourth-order valence-electron chi connectivity index (χ4n) is 3.17. The molecule has 0 aliphatic carbocycles. The van der Waals surface area contributed by atoms with Crippen molar-refractivity contribution in [3.8, 4) is 0 Å². The molecule has 1 fully saturated rings. The monoisotopic (exact) mass is 380 g/mol. The van der Waals surface area contributed by atoms with E-state index in [1.165, 1.54) is 5.69 Å². The molecule has 0 bridgehead atoms. The van der Waals surface area contributed by atoms with Gasteiger partial charge in [0.1, 0.15) is 0 Å². The van der Waals surface area contributed by atoms with E-state index < -0.39 is 0 Å².